The number of ether oxygens (including phenoxy) is 1. The van der Waals surface area contributed by atoms with Gasteiger partial charge in [-0.25, -0.2) is 0 Å². The summed E-state index contributed by atoms with van der Waals surface area (Å²) in [5, 5.41) is 7.09. The third kappa shape index (κ3) is 2.66. The molecule has 0 spiro atoms. The van der Waals surface area contributed by atoms with E-state index in [1.54, 1.807) is 0 Å². The van der Waals surface area contributed by atoms with Crippen molar-refractivity contribution in [3.63, 3.8) is 0 Å². The lowest BCUT2D eigenvalue weighted by molar-refractivity contribution is 0.0404. The van der Waals surface area contributed by atoms with Crippen LogP contribution in [-0.4, -0.2) is 38.9 Å². The van der Waals surface area contributed by atoms with Gasteiger partial charge in [0.15, 0.2) is 0 Å². The first-order valence-electron chi connectivity index (χ1n) is 5.48. The lowest BCUT2D eigenvalue weighted by Crippen LogP contribution is -2.44. The SMILES string of the molecule is C1CNCC(C2CCCOC2)NC1. The van der Waals surface area contributed by atoms with E-state index in [1.165, 1.54) is 19.3 Å². The van der Waals surface area contributed by atoms with Crippen molar-refractivity contribution in [1.29, 1.82) is 0 Å². The summed E-state index contributed by atoms with van der Waals surface area (Å²) >= 11 is 0. The number of rotatable bonds is 1. The molecule has 2 N–H and O–H groups in total. The monoisotopic (exact) mass is 184 g/mol. The summed E-state index contributed by atoms with van der Waals surface area (Å²) in [6, 6.07) is 0.641. The molecular weight excluding hydrogens is 164 g/mol. The molecule has 0 radical (unpaired) electrons. The summed E-state index contributed by atoms with van der Waals surface area (Å²) in [6.07, 6.45) is 3.83. The van der Waals surface area contributed by atoms with Gasteiger partial charge >= 0.3 is 0 Å². The highest BCUT2D eigenvalue weighted by Gasteiger charge is 2.24. The predicted molar refractivity (Wildman–Crippen MR) is 52.8 cm³/mol. The van der Waals surface area contributed by atoms with Crippen LogP contribution in [0.2, 0.25) is 0 Å². The normalized spacial score (nSPS) is 36.9. The predicted octanol–water partition coefficient (Wildman–Crippen LogP) is 0.365. The molecule has 0 amide bonds. The van der Waals surface area contributed by atoms with E-state index in [1.807, 2.05) is 0 Å². The maximum atomic E-state index is 5.51. The van der Waals surface area contributed by atoms with Gasteiger partial charge in [-0.05, 0) is 38.3 Å². The molecule has 2 rings (SSSR count). The molecule has 0 aliphatic carbocycles. The Morgan fingerprint density at radius 1 is 1.15 bits per heavy atom. The number of nitrogens with one attached hydrogen (secondary N) is 2. The van der Waals surface area contributed by atoms with E-state index in [0.717, 1.165) is 38.8 Å². The maximum absolute atomic E-state index is 5.51. The van der Waals surface area contributed by atoms with Crippen molar-refractivity contribution in [3.05, 3.63) is 0 Å². The maximum Gasteiger partial charge on any atom is 0.0509 e. The number of hydrogen-bond donors (Lipinski definition) is 2. The molecule has 0 aromatic carbocycles. The van der Waals surface area contributed by atoms with Crippen LogP contribution in [0.5, 0.6) is 0 Å². The average molecular weight is 184 g/mol. The fourth-order valence-electron chi connectivity index (χ4n) is 2.25. The second-order valence-corrected chi connectivity index (χ2v) is 4.10. The van der Waals surface area contributed by atoms with E-state index >= 15 is 0 Å². The standard InChI is InChI=1S/C10H20N2O/c1-3-9(8-13-6-1)10-7-11-4-2-5-12-10/h9-12H,1-8H2. The fourth-order valence-corrected chi connectivity index (χ4v) is 2.25. The molecule has 0 saturated carbocycles. The molecule has 2 atom stereocenters. The zero-order valence-corrected chi connectivity index (χ0v) is 8.22. The van der Waals surface area contributed by atoms with E-state index in [-0.39, 0.29) is 0 Å². The molecule has 3 heteroatoms. The van der Waals surface area contributed by atoms with Crippen molar-refractivity contribution in [3.8, 4) is 0 Å². The third-order valence-electron chi connectivity index (χ3n) is 3.07. The molecule has 2 saturated heterocycles. The molecule has 0 aromatic rings. The van der Waals surface area contributed by atoms with Crippen LogP contribution in [0.25, 0.3) is 0 Å². The average Bonchev–Trinajstić information content (AvgIpc) is 2.47. The van der Waals surface area contributed by atoms with Crippen LogP contribution < -0.4 is 10.6 Å². The van der Waals surface area contributed by atoms with Crippen molar-refractivity contribution in [1.82, 2.24) is 10.6 Å². The lowest BCUT2D eigenvalue weighted by Gasteiger charge is -2.29. The zero-order valence-electron chi connectivity index (χ0n) is 8.22. The van der Waals surface area contributed by atoms with Crippen LogP contribution >= 0.6 is 0 Å². The Morgan fingerprint density at radius 3 is 3.00 bits per heavy atom. The molecule has 0 bridgehead atoms. The first-order valence-corrected chi connectivity index (χ1v) is 5.48. The van der Waals surface area contributed by atoms with Gasteiger partial charge in [-0.15, -0.1) is 0 Å². The van der Waals surface area contributed by atoms with Gasteiger partial charge in [0, 0.05) is 19.2 Å². The van der Waals surface area contributed by atoms with E-state index in [0.29, 0.717) is 6.04 Å². The van der Waals surface area contributed by atoms with E-state index < -0.39 is 0 Å². The van der Waals surface area contributed by atoms with E-state index in [4.69, 9.17) is 4.74 Å². The summed E-state index contributed by atoms with van der Waals surface area (Å²) in [6.45, 7) is 5.37. The van der Waals surface area contributed by atoms with Crippen molar-refractivity contribution < 1.29 is 4.74 Å². The second kappa shape index (κ2) is 4.94. The summed E-state index contributed by atoms with van der Waals surface area (Å²) < 4.78 is 5.51. The van der Waals surface area contributed by atoms with Crippen molar-refractivity contribution >= 4 is 0 Å². The quantitative estimate of drug-likeness (QED) is 0.617. The molecule has 2 aliphatic heterocycles. The Hall–Kier alpha value is -0.120. The second-order valence-electron chi connectivity index (χ2n) is 4.10. The van der Waals surface area contributed by atoms with Crippen LogP contribution in [0.15, 0.2) is 0 Å². The molecule has 2 aliphatic rings. The van der Waals surface area contributed by atoms with E-state index in [2.05, 4.69) is 10.6 Å². The molecule has 2 unspecified atom stereocenters. The van der Waals surface area contributed by atoms with Crippen molar-refractivity contribution in [2.24, 2.45) is 5.92 Å². The zero-order chi connectivity index (χ0) is 8.93. The molecule has 3 nitrogen and oxygen atoms in total. The van der Waals surface area contributed by atoms with Crippen LogP contribution in [0.3, 0.4) is 0 Å². The third-order valence-corrected chi connectivity index (χ3v) is 3.07. The Kier molecular flexibility index (Phi) is 3.58. The van der Waals surface area contributed by atoms with Gasteiger partial charge in [0.25, 0.3) is 0 Å². The molecule has 76 valence electrons. The van der Waals surface area contributed by atoms with Crippen molar-refractivity contribution in [2.75, 3.05) is 32.8 Å². The van der Waals surface area contributed by atoms with Gasteiger partial charge in [0.2, 0.25) is 0 Å². The Balaban J connectivity index is 1.82. The molecule has 2 fully saturated rings. The number of hydrogen-bond acceptors (Lipinski definition) is 3. The fraction of sp³-hybridized carbons (Fsp3) is 1.00. The van der Waals surface area contributed by atoms with Crippen LogP contribution in [0, 0.1) is 5.92 Å². The Bertz CT molecular complexity index is 138. The highest BCUT2D eigenvalue weighted by molar-refractivity contribution is 4.82. The highest BCUT2D eigenvalue weighted by atomic mass is 16.5. The van der Waals surface area contributed by atoms with Crippen LogP contribution in [-0.2, 0) is 4.74 Å². The minimum atomic E-state index is 0.641. The molecule has 0 aromatic heterocycles. The van der Waals surface area contributed by atoms with Gasteiger partial charge in [-0.1, -0.05) is 0 Å². The highest BCUT2D eigenvalue weighted by Crippen LogP contribution is 2.17. The first kappa shape index (κ1) is 9.44. The summed E-state index contributed by atoms with van der Waals surface area (Å²) in [5.41, 5.74) is 0. The molecule has 2 heterocycles. The van der Waals surface area contributed by atoms with Crippen molar-refractivity contribution in [2.45, 2.75) is 25.3 Å². The van der Waals surface area contributed by atoms with Gasteiger partial charge in [-0.2, -0.15) is 0 Å². The lowest BCUT2D eigenvalue weighted by atomic mass is 9.94. The van der Waals surface area contributed by atoms with Gasteiger partial charge in [-0.3, -0.25) is 0 Å². The Labute approximate surface area is 80.2 Å². The minimum Gasteiger partial charge on any atom is -0.381 e. The summed E-state index contributed by atoms with van der Waals surface area (Å²) in [4.78, 5) is 0. The Morgan fingerprint density at radius 2 is 2.15 bits per heavy atom. The molecular formula is C10H20N2O. The first-order chi connectivity index (χ1) is 6.47. The van der Waals surface area contributed by atoms with E-state index in [9.17, 15) is 0 Å². The molecule has 13 heavy (non-hydrogen) atoms. The summed E-state index contributed by atoms with van der Waals surface area (Å²) in [5.74, 6) is 0.736. The van der Waals surface area contributed by atoms with Gasteiger partial charge in [0.05, 0.1) is 6.61 Å². The topological polar surface area (TPSA) is 33.3 Å². The summed E-state index contributed by atoms with van der Waals surface area (Å²) in [7, 11) is 0. The van der Waals surface area contributed by atoms with Gasteiger partial charge < -0.3 is 15.4 Å². The minimum absolute atomic E-state index is 0.641. The van der Waals surface area contributed by atoms with Crippen LogP contribution in [0.4, 0.5) is 0 Å². The van der Waals surface area contributed by atoms with Crippen LogP contribution in [0.1, 0.15) is 19.3 Å². The van der Waals surface area contributed by atoms with Gasteiger partial charge in [0.1, 0.15) is 0 Å². The largest absolute Gasteiger partial charge is 0.381 e. The smallest absolute Gasteiger partial charge is 0.0509 e.